The molecule has 0 atom stereocenters. The zero-order valence-electron chi connectivity index (χ0n) is 15.6. The fourth-order valence-corrected chi connectivity index (χ4v) is 5.14. The van der Waals surface area contributed by atoms with Gasteiger partial charge in [0.1, 0.15) is 0 Å². The number of benzene rings is 2. The molecule has 7 heteroatoms. The van der Waals surface area contributed by atoms with E-state index in [0.29, 0.717) is 11.3 Å². The molecule has 4 rings (SSSR count). The second kappa shape index (κ2) is 8.32. The van der Waals surface area contributed by atoms with E-state index in [1.54, 1.807) is 11.3 Å². The van der Waals surface area contributed by atoms with Gasteiger partial charge in [-0.1, -0.05) is 29.5 Å². The molecule has 0 aliphatic carbocycles. The molecule has 2 aromatic carbocycles. The number of anilines is 1. The Labute approximate surface area is 172 Å². The number of hydrogen-bond acceptors (Lipinski definition) is 5. The minimum Gasteiger partial charge on any atom is -0.342 e. The number of nitrogens with zero attached hydrogens (tertiary/aromatic N) is 2. The van der Waals surface area contributed by atoms with Crippen LogP contribution in [-0.2, 0) is 4.79 Å². The summed E-state index contributed by atoms with van der Waals surface area (Å²) in [5, 5.41) is 2.94. The number of carbonyl (C=O) groups excluding carboxylic acids is 2. The third-order valence-electron chi connectivity index (χ3n) is 4.72. The summed E-state index contributed by atoms with van der Waals surface area (Å²) in [5.74, 6) is 0.485. The van der Waals surface area contributed by atoms with Crippen molar-refractivity contribution in [1.29, 1.82) is 0 Å². The van der Waals surface area contributed by atoms with Gasteiger partial charge in [-0.3, -0.25) is 9.59 Å². The fourth-order valence-electron chi connectivity index (χ4n) is 3.13. The Morgan fingerprint density at radius 1 is 1.14 bits per heavy atom. The normalized spacial score (nSPS) is 13.8. The lowest BCUT2D eigenvalue weighted by Crippen LogP contribution is -2.29. The van der Waals surface area contributed by atoms with Crippen LogP contribution in [0.15, 0.2) is 46.8 Å². The Hall–Kier alpha value is -2.38. The molecule has 1 fully saturated rings. The molecule has 1 aliphatic heterocycles. The summed E-state index contributed by atoms with van der Waals surface area (Å²) in [6.45, 7) is 3.75. The van der Waals surface area contributed by atoms with Gasteiger partial charge in [-0.25, -0.2) is 4.98 Å². The largest absolute Gasteiger partial charge is 0.342 e. The highest BCUT2D eigenvalue weighted by Crippen LogP contribution is 2.31. The third-order valence-corrected chi connectivity index (χ3v) is 6.86. The van der Waals surface area contributed by atoms with E-state index in [9.17, 15) is 9.59 Å². The van der Waals surface area contributed by atoms with Crippen LogP contribution < -0.4 is 5.32 Å². The maximum absolute atomic E-state index is 12.4. The minimum absolute atomic E-state index is 0.130. The van der Waals surface area contributed by atoms with Crippen molar-refractivity contribution in [2.24, 2.45) is 0 Å². The molecule has 1 aliphatic rings. The molecule has 2 heterocycles. The minimum atomic E-state index is -0.130. The van der Waals surface area contributed by atoms with Crippen molar-refractivity contribution in [3.05, 3.63) is 53.6 Å². The quantitative estimate of drug-likeness (QED) is 0.625. The number of thiazole rings is 1. The summed E-state index contributed by atoms with van der Waals surface area (Å²) < 4.78 is 1.88. The predicted octanol–water partition coefficient (Wildman–Crippen LogP) is 4.57. The molecule has 1 N–H and O–H groups in total. The van der Waals surface area contributed by atoms with Gasteiger partial charge in [-0.05, 0) is 50.1 Å². The van der Waals surface area contributed by atoms with Crippen LogP contribution in [0.2, 0.25) is 0 Å². The summed E-state index contributed by atoms with van der Waals surface area (Å²) in [6, 6.07) is 13.2. The third kappa shape index (κ3) is 4.36. The maximum Gasteiger partial charge on any atom is 0.255 e. The monoisotopic (exact) mass is 411 g/mol. The molecule has 0 bridgehead atoms. The van der Waals surface area contributed by atoms with Gasteiger partial charge in [0.25, 0.3) is 5.91 Å². The van der Waals surface area contributed by atoms with Gasteiger partial charge in [-0.2, -0.15) is 0 Å². The van der Waals surface area contributed by atoms with E-state index < -0.39 is 0 Å². The van der Waals surface area contributed by atoms with E-state index >= 15 is 0 Å². The number of carbonyl (C=O) groups is 2. The lowest BCUT2D eigenvalue weighted by molar-refractivity contribution is -0.127. The molecule has 0 spiro atoms. The van der Waals surface area contributed by atoms with Crippen molar-refractivity contribution in [3.63, 3.8) is 0 Å². The molecule has 3 aromatic rings. The molecule has 144 valence electrons. The molecule has 0 saturated carbocycles. The molecule has 0 unspecified atom stereocenters. The topological polar surface area (TPSA) is 62.3 Å². The molecule has 0 radical (unpaired) electrons. The zero-order chi connectivity index (χ0) is 19.5. The van der Waals surface area contributed by atoms with E-state index in [1.807, 2.05) is 54.3 Å². The van der Waals surface area contributed by atoms with E-state index in [2.05, 4.69) is 10.3 Å². The predicted molar refractivity (Wildman–Crippen MR) is 115 cm³/mol. The highest BCUT2D eigenvalue weighted by molar-refractivity contribution is 8.01. The van der Waals surface area contributed by atoms with Crippen molar-refractivity contribution in [2.45, 2.75) is 24.1 Å². The van der Waals surface area contributed by atoms with E-state index in [-0.39, 0.29) is 11.8 Å². The first-order valence-electron chi connectivity index (χ1n) is 9.28. The highest BCUT2D eigenvalue weighted by Gasteiger charge is 2.18. The van der Waals surface area contributed by atoms with Crippen molar-refractivity contribution < 1.29 is 9.59 Å². The molecule has 1 saturated heterocycles. The van der Waals surface area contributed by atoms with Crippen LogP contribution in [0.5, 0.6) is 0 Å². The lowest BCUT2D eigenvalue weighted by Gasteiger charge is -2.13. The van der Waals surface area contributed by atoms with Crippen molar-refractivity contribution >= 4 is 50.8 Å². The van der Waals surface area contributed by atoms with Gasteiger partial charge in [0.2, 0.25) is 5.91 Å². The van der Waals surface area contributed by atoms with Gasteiger partial charge in [0.05, 0.1) is 16.0 Å². The SMILES string of the molecule is Cc1ccc(C(=O)Nc2ccc3nc(SCC(=O)N4CCCC4)sc3c2)cc1. The van der Waals surface area contributed by atoms with Crippen LogP contribution in [0.4, 0.5) is 5.69 Å². The summed E-state index contributed by atoms with van der Waals surface area (Å²) in [4.78, 5) is 31.1. The zero-order valence-corrected chi connectivity index (χ0v) is 17.2. The van der Waals surface area contributed by atoms with Crippen LogP contribution in [0.1, 0.15) is 28.8 Å². The molecular weight excluding hydrogens is 390 g/mol. The lowest BCUT2D eigenvalue weighted by atomic mass is 10.1. The number of thioether (sulfide) groups is 1. The number of hydrogen-bond donors (Lipinski definition) is 1. The van der Waals surface area contributed by atoms with Crippen LogP contribution in [-0.4, -0.2) is 40.5 Å². The number of likely N-dealkylation sites (tertiary alicyclic amines) is 1. The van der Waals surface area contributed by atoms with Crippen molar-refractivity contribution in [3.8, 4) is 0 Å². The standard InChI is InChI=1S/C21H21N3O2S2/c1-14-4-6-15(7-5-14)20(26)22-16-8-9-17-18(12-16)28-21(23-17)27-13-19(25)24-10-2-3-11-24/h4-9,12H,2-3,10-11,13H2,1H3,(H,22,26). The van der Waals surface area contributed by atoms with Gasteiger partial charge >= 0.3 is 0 Å². The maximum atomic E-state index is 12.4. The fraction of sp³-hybridized carbons (Fsp3) is 0.286. The number of aromatic nitrogens is 1. The summed E-state index contributed by atoms with van der Waals surface area (Å²) in [7, 11) is 0. The van der Waals surface area contributed by atoms with E-state index in [0.717, 1.165) is 51.7 Å². The van der Waals surface area contributed by atoms with Gasteiger partial charge in [-0.15, -0.1) is 11.3 Å². The van der Waals surface area contributed by atoms with Crippen LogP contribution in [0.25, 0.3) is 10.2 Å². The summed E-state index contributed by atoms with van der Waals surface area (Å²) >= 11 is 3.04. The number of amides is 2. The number of fused-ring (bicyclic) bond motifs is 1. The molecule has 1 aromatic heterocycles. The van der Waals surface area contributed by atoms with Crippen LogP contribution >= 0.6 is 23.1 Å². The van der Waals surface area contributed by atoms with E-state index in [1.165, 1.54) is 11.8 Å². The van der Waals surface area contributed by atoms with Gasteiger partial charge in [0, 0.05) is 24.3 Å². The Morgan fingerprint density at radius 3 is 2.64 bits per heavy atom. The smallest absolute Gasteiger partial charge is 0.255 e. The van der Waals surface area contributed by atoms with Gasteiger partial charge < -0.3 is 10.2 Å². The Bertz CT molecular complexity index is 1010. The van der Waals surface area contributed by atoms with E-state index in [4.69, 9.17) is 0 Å². The van der Waals surface area contributed by atoms with Crippen molar-refractivity contribution in [2.75, 3.05) is 24.2 Å². The first-order chi connectivity index (χ1) is 13.6. The average molecular weight is 412 g/mol. The summed E-state index contributed by atoms with van der Waals surface area (Å²) in [5.41, 5.74) is 3.38. The van der Waals surface area contributed by atoms with Crippen LogP contribution in [0, 0.1) is 6.92 Å². The van der Waals surface area contributed by atoms with Crippen LogP contribution in [0.3, 0.4) is 0 Å². The second-order valence-electron chi connectivity index (χ2n) is 6.86. The molecule has 28 heavy (non-hydrogen) atoms. The second-order valence-corrected chi connectivity index (χ2v) is 9.11. The average Bonchev–Trinajstić information content (AvgIpc) is 3.36. The Morgan fingerprint density at radius 2 is 1.89 bits per heavy atom. The van der Waals surface area contributed by atoms with Crippen molar-refractivity contribution in [1.82, 2.24) is 9.88 Å². The van der Waals surface area contributed by atoms with Gasteiger partial charge in [0.15, 0.2) is 4.34 Å². The molecule has 5 nitrogen and oxygen atoms in total. The number of aryl methyl sites for hydroxylation is 1. The molecule has 2 amide bonds. The molecular formula is C21H21N3O2S2. The summed E-state index contributed by atoms with van der Waals surface area (Å²) in [6.07, 6.45) is 2.21. The Balaban J connectivity index is 1.41. The Kier molecular flexibility index (Phi) is 5.64. The first-order valence-corrected chi connectivity index (χ1v) is 11.1. The highest BCUT2D eigenvalue weighted by atomic mass is 32.2. The first kappa shape index (κ1) is 19.0. The number of nitrogens with one attached hydrogen (secondary N) is 1. The number of rotatable bonds is 5.